The average molecular weight is 267 g/mol. The minimum atomic E-state index is 0.455. The number of halogens is 2. The summed E-state index contributed by atoms with van der Waals surface area (Å²) in [5.74, 6) is 0. The van der Waals surface area contributed by atoms with Gasteiger partial charge in [0.15, 0.2) is 0 Å². The van der Waals surface area contributed by atoms with Crippen LogP contribution in [0.4, 0.5) is 0 Å². The van der Waals surface area contributed by atoms with Crippen molar-refractivity contribution < 1.29 is 4.74 Å². The van der Waals surface area contributed by atoms with Crippen molar-refractivity contribution in [2.45, 2.75) is 11.8 Å². The monoisotopic (exact) mass is 266 g/mol. The first kappa shape index (κ1) is 12.1. The molecule has 0 aliphatic heterocycles. The number of thiocarbonyl (C=S) groups is 1. The van der Waals surface area contributed by atoms with E-state index < -0.39 is 0 Å². The molecule has 0 aliphatic carbocycles. The first-order valence-corrected chi connectivity index (χ1v) is 5.91. The lowest BCUT2D eigenvalue weighted by molar-refractivity contribution is 0.346. The van der Waals surface area contributed by atoms with Crippen LogP contribution in [0.5, 0.6) is 0 Å². The minimum Gasteiger partial charge on any atom is -0.479 e. The summed E-state index contributed by atoms with van der Waals surface area (Å²) >= 11 is 18.0. The Labute approximate surface area is 103 Å². The predicted molar refractivity (Wildman–Crippen MR) is 66.5 cm³/mol. The Kier molecular flexibility index (Phi) is 5.02. The van der Waals surface area contributed by atoms with E-state index in [1.165, 1.54) is 11.8 Å². The molecule has 0 amide bonds. The van der Waals surface area contributed by atoms with Crippen molar-refractivity contribution in [3.05, 3.63) is 28.2 Å². The first-order valence-electron chi connectivity index (χ1n) is 3.93. The molecule has 76 valence electrons. The van der Waals surface area contributed by atoms with Crippen molar-refractivity contribution in [2.24, 2.45) is 0 Å². The lowest BCUT2D eigenvalue weighted by Crippen LogP contribution is -1.95. The van der Waals surface area contributed by atoms with Gasteiger partial charge in [0.1, 0.15) is 0 Å². The van der Waals surface area contributed by atoms with Crippen LogP contribution < -0.4 is 0 Å². The second-order valence-corrected chi connectivity index (χ2v) is 4.85. The molecule has 0 fully saturated rings. The van der Waals surface area contributed by atoms with Crippen LogP contribution >= 0.6 is 47.2 Å². The van der Waals surface area contributed by atoms with Crippen LogP contribution in [-0.2, 0) is 4.74 Å². The third kappa shape index (κ3) is 3.65. The number of thioether (sulfide) groups is 1. The van der Waals surface area contributed by atoms with Gasteiger partial charge >= 0.3 is 0 Å². The number of rotatable bonds is 2. The van der Waals surface area contributed by atoms with E-state index in [0.717, 1.165) is 4.90 Å². The summed E-state index contributed by atoms with van der Waals surface area (Å²) in [4.78, 5) is 0.817. The van der Waals surface area contributed by atoms with Crippen molar-refractivity contribution in [3.8, 4) is 0 Å². The molecule has 0 radical (unpaired) electrons. The topological polar surface area (TPSA) is 9.23 Å². The van der Waals surface area contributed by atoms with Crippen LogP contribution in [0.2, 0.25) is 10.0 Å². The quantitative estimate of drug-likeness (QED) is 0.580. The lowest BCUT2D eigenvalue weighted by atomic mass is 10.4. The van der Waals surface area contributed by atoms with Gasteiger partial charge in [0.25, 0.3) is 0 Å². The highest BCUT2D eigenvalue weighted by Crippen LogP contribution is 2.30. The molecule has 0 saturated carbocycles. The lowest BCUT2D eigenvalue weighted by Gasteiger charge is -2.05. The maximum Gasteiger partial charge on any atom is 0.224 e. The molecule has 1 nitrogen and oxygen atoms in total. The Morgan fingerprint density at radius 1 is 1.50 bits per heavy atom. The zero-order valence-electron chi connectivity index (χ0n) is 7.42. The molecule has 0 aliphatic rings. The Bertz CT molecular complexity index is 342. The molecule has 0 aromatic heterocycles. The van der Waals surface area contributed by atoms with Gasteiger partial charge in [-0.25, -0.2) is 0 Å². The smallest absolute Gasteiger partial charge is 0.224 e. The largest absolute Gasteiger partial charge is 0.479 e. The van der Waals surface area contributed by atoms with Gasteiger partial charge in [-0.15, -0.1) is 0 Å². The van der Waals surface area contributed by atoms with E-state index in [1.54, 1.807) is 18.2 Å². The normalized spacial score (nSPS) is 9.93. The minimum absolute atomic E-state index is 0.455. The van der Waals surface area contributed by atoms with Gasteiger partial charge in [-0.3, -0.25) is 0 Å². The summed E-state index contributed by atoms with van der Waals surface area (Å²) < 4.78 is 5.59. The molecule has 1 rings (SSSR count). The summed E-state index contributed by atoms with van der Waals surface area (Å²) in [5, 5.41) is 1.26. The summed E-state index contributed by atoms with van der Waals surface area (Å²) in [7, 11) is 0. The van der Waals surface area contributed by atoms with E-state index in [2.05, 4.69) is 0 Å². The van der Waals surface area contributed by atoms with Gasteiger partial charge in [-0.1, -0.05) is 23.2 Å². The Balaban J connectivity index is 2.75. The maximum absolute atomic E-state index is 5.95. The molecule has 1 aromatic carbocycles. The molecule has 0 atom stereocenters. The summed E-state index contributed by atoms with van der Waals surface area (Å²) in [5.41, 5.74) is 0. The highest BCUT2D eigenvalue weighted by Gasteiger charge is 2.06. The zero-order valence-corrected chi connectivity index (χ0v) is 10.6. The van der Waals surface area contributed by atoms with Gasteiger partial charge in [0.2, 0.25) is 4.38 Å². The van der Waals surface area contributed by atoms with Gasteiger partial charge < -0.3 is 4.74 Å². The number of ether oxygens (including phenoxy) is 1. The second kappa shape index (κ2) is 5.81. The van der Waals surface area contributed by atoms with Crippen molar-refractivity contribution in [1.82, 2.24) is 0 Å². The first-order chi connectivity index (χ1) is 6.63. The highest BCUT2D eigenvalue weighted by atomic mass is 35.5. The van der Waals surface area contributed by atoms with Gasteiger partial charge in [0.05, 0.1) is 11.6 Å². The van der Waals surface area contributed by atoms with E-state index >= 15 is 0 Å². The van der Waals surface area contributed by atoms with Crippen LogP contribution in [0, 0.1) is 0 Å². The molecule has 0 saturated heterocycles. The van der Waals surface area contributed by atoms with E-state index in [0.29, 0.717) is 21.0 Å². The molecule has 0 bridgehead atoms. The summed E-state index contributed by atoms with van der Waals surface area (Å²) in [6, 6.07) is 5.23. The molecule has 0 spiro atoms. The number of hydrogen-bond donors (Lipinski definition) is 0. The van der Waals surface area contributed by atoms with Crippen LogP contribution in [-0.4, -0.2) is 11.0 Å². The van der Waals surface area contributed by atoms with Gasteiger partial charge in [-0.05, 0) is 49.1 Å². The van der Waals surface area contributed by atoms with E-state index in [1.807, 2.05) is 6.92 Å². The molecule has 5 heteroatoms. The fraction of sp³-hybridized carbons (Fsp3) is 0.222. The number of benzene rings is 1. The van der Waals surface area contributed by atoms with E-state index in [9.17, 15) is 0 Å². The number of hydrogen-bond acceptors (Lipinski definition) is 3. The maximum atomic E-state index is 5.95. The van der Waals surface area contributed by atoms with Crippen molar-refractivity contribution in [3.63, 3.8) is 0 Å². The molecular formula is C9H8Cl2OS2. The van der Waals surface area contributed by atoms with E-state index in [-0.39, 0.29) is 0 Å². The molecule has 0 heterocycles. The molecular weight excluding hydrogens is 259 g/mol. The summed E-state index contributed by atoms with van der Waals surface area (Å²) in [6.45, 7) is 2.44. The fourth-order valence-electron chi connectivity index (χ4n) is 0.793. The van der Waals surface area contributed by atoms with Crippen LogP contribution in [0.3, 0.4) is 0 Å². The highest BCUT2D eigenvalue weighted by molar-refractivity contribution is 8.22. The van der Waals surface area contributed by atoms with Crippen LogP contribution in [0.1, 0.15) is 6.92 Å². The second-order valence-electron chi connectivity index (χ2n) is 2.36. The third-order valence-corrected chi connectivity index (χ3v) is 3.24. The SMILES string of the molecule is CCOC(=S)Sc1cc(Cl)ccc1Cl. The average Bonchev–Trinajstić information content (AvgIpc) is 2.12. The Morgan fingerprint density at radius 3 is 2.86 bits per heavy atom. The fourth-order valence-corrected chi connectivity index (χ4v) is 2.36. The molecule has 0 N–H and O–H groups in total. The van der Waals surface area contributed by atoms with Crippen molar-refractivity contribution in [1.29, 1.82) is 0 Å². The van der Waals surface area contributed by atoms with E-state index in [4.69, 9.17) is 40.2 Å². The predicted octanol–water partition coefficient (Wildman–Crippen LogP) is 4.41. The molecule has 1 aromatic rings. The van der Waals surface area contributed by atoms with Gasteiger partial charge in [0, 0.05) is 9.92 Å². The Morgan fingerprint density at radius 2 is 2.21 bits per heavy atom. The van der Waals surface area contributed by atoms with Crippen LogP contribution in [0.25, 0.3) is 0 Å². The van der Waals surface area contributed by atoms with Gasteiger partial charge in [-0.2, -0.15) is 0 Å². The summed E-state index contributed by atoms with van der Waals surface area (Å²) in [6.07, 6.45) is 0. The van der Waals surface area contributed by atoms with Crippen molar-refractivity contribution >= 4 is 51.6 Å². The molecule has 14 heavy (non-hydrogen) atoms. The van der Waals surface area contributed by atoms with Crippen LogP contribution in [0.15, 0.2) is 23.1 Å². The zero-order chi connectivity index (χ0) is 10.6. The standard InChI is InChI=1S/C9H8Cl2OS2/c1-2-12-9(13)14-8-5-6(10)3-4-7(8)11/h3-5H,2H2,1H3. The molecule has 0 unspecified atom stereocenters. The van der Waals surface area contributed by atoms with Crippen molar-refractivity contribution in [2.75, 3.05) is 6.61 Å². The third-order valence-electron chi connectivity index (χ3n) is 1.35. The Hall–Kier alpha value is 0.0400.